The van der Waals surface area contributed by atoms with Gasteiger partial charge in [0.2, 0.25) is 11.8 Å². The van der Waals surface area contributed by atoms with Gasteiger partial charge in [0.05, 0.1) is 48.8 Å². The number of hydrogen-bond acceptors (Lipinski definition) is 10. The molecular formula is C42H37N3O10. The minimum Gasteiger partial charge on any atom is -0.507 e. The number of hydrogen-bond donors (Lipinski definition) is 4. The fourth-order valence-corrected chi connectivity index (χ4v) is 9.32. The van der Waals surface area contributed by atoms with Crippen LogP contribution >= 0.6 is 0 Å². The van der Waals surface area contributed by atoms with Crippen molar-refractivity contribution in [3.8, 4) is 23.0 Å². The second kappa shape index (κ2) is 13.0. The van der Waals surface area contributed by atoms with Crippen LogP contribution in [0.3, 0.4) is 0 Å². The van der Waals surface area contributed by atoms with Crippen LogP contribution in [-0.2, 0) is 24.6 Å². The molecule has 2 saturated heterocycles. The molecule has 1 saturated carbocycles. The number of nitrogens with zero attached hydrogens (tertiary/aromatic N) is 2. The van der Waals surface area contributed by atoms with Crippen LogP contribution in [0.15, 0.2) is 96.6 Å². The third-order valence-electron chi connectivity index (χ3n) is 11.7. The highest BCUT2D eigenvalue weighted by Gasteiger charge is 2.71. The fraction of sp³-hybridized carbons (Fsp3) is 0.262. The van der Waals surface area contributed by atoms with Crippen LogP contribution in [0.5, 0.6) is 23.0 Å². The highest BCUT2D eigenvalue weighted by molar-refractivity contribution is 6.23. The predicted octanol–water partition coefficient (Wildman–Crippen LogP) is 5.31. The number of ether oxygens (including phenoxy) is 2. The Bertz CT molecular complexity index is 2320. The summed E-state index contributed by atoms with van der Waals surface area (Å²) in [4.78, 5) is 71.6. The van der Waals surface area contributed by atoms with Crippen molar-refractivity contribution in [1.82, 2.24) is 5.01 Å². The molecule has 4 amide bonds. The van der Waals surface area contributed by atoms with Gasteiger partial charge in [-0.3, -0.25) is 24.6 Å². The predicted molar refractivity (Wildman–Crippen MR) is 198 cm³/mol. The van der Waals surface area contributed by atoms with E-state index >= 15 is 4.79 Å². The van der Waals surface area contributed by atoms with Crippen LogP contribution in [0, 0.1) is 30.6 Å². The fourth-order valence-electron chi connectivity index (χ4n) is 9.32. The minimum absolute atomic E-state index is 0.00431. The quantitative estimate of drug-likeness (QED) is 0.136. The summed E-state index contributed by atoms with van der Waals surface area (Å²) in [7, 11) is 2.86. The van der Waals surface area contributed by atoms with Crippen molar-refractivity contribution in [2.75, 3.05) is 24.5 Å². The van der Waals surface area contributed by atoms with Crippen LogP contribution in [0.25, 0.3) is 0 Å². The molecular weight excluding hydrogens is 706 g/mol. The number of aryl methyl sites for hydroxylation is 1. The standard InChI is InChI=1S/C42H37N3O10/c1-21-9-11-23(12-10-21)43-45-38(49)30-20-29-26(15-16-28-34(29)39(50)44(37(28)48)24-13-14-27(40(51)52)31(46)17-24)36(35-32(47)18-25(54-2)19-33(35)55-3)42(30,41(45)53)22-7-5-4-6-8-22/h4-15,17-19,28-30,34,36,43,46-47H,16,20H2,1-3H3,(H,51,52)/t28-,29+,30-,34-,36+,42+/m0/s1. The SMILES string of the molecule is COc1cc(O)c([C@H]2C3=CC[C@@H]4C(=O)N(c5ccc(C(=O)O)c(O)c5)C(=O)[C@@H]4[C@@H]3C[C@H]3C(=O)N(Nc4ccc(C)cc4)C(=O)[C@@]23c2ccccc2)c(OC)c1. The summed E-state index contributed by atoms with van der Waals surface area (Å²) in [6.07, 6.45) is 1.94. The average Bonchev–Trinajstić information content (AvgIpc) is 3.56. The molecule has 4 aliphatic rings. The van der Waals surface area contributed by atoms with Crippen LogP contribution in [0.1, 0.15) is 45.8 Å². The normalized spacial score (nSPS) is 25.6. The van der Waals surface area contributed by atoms with Crippen LogP contribution in [-0.4, -0.2) is 64.1 Å². The van der Waals surface area contributed by atoms with E-state index in [0.29, 0.717) is 16.8 Å². The molecule has 0 spiro atoms. The molecule has 2 heterocycles. The number of anilines is 2. The largest absolute Gasteiger partial charge is 0.507 e. The summed E-state index contributed by atoms with van der Waals surface area (Å²) < 4.78 is 11.3. The van der Waals surface area contributed by atoms with Gasteiger partial charge < -0.3 is 24.8 Å². The number of amides is 4. The third-order valence-corrected chi connectivity index (χ3v) is 11.7. The number of fused-ring (bicyclic) bond motifs is 4. The first-order chi connectivity index (χ1) is 26.4. The van der Waals surface area contributed by atoms with Gasteiger partial charge in [-0.2, -0.15) is 5.01 Å². The van der Waals surface area contributed by atoms with E-state index in [1.165, 1.54) is 26.4 Å². The smallest absolute Gasteiger partial charge is 0.339 e. The Hall–Kier alpha value is -6.63. The summed E-state index contributed by atoms with van der Waals surface area (Å²) in [6, 6.07) is 22.6. The van der Waals surface area contributed by atoms with E-state index in [1.54, 1.807) is 48.5 Å². The number of methoxy groups -OCH3 is 2. The van der Waals surface area contributed by atoms with Crippen LogP contribution in [0.2, 0.25) is 0 Å². The summed E-state index contributed by atoms with van der Waals surface area (Å²) >= 11 is 0. The molecule has 13 nitrogen and oxygen atoms in total. The number of carboxylic acid groups (broad SMARTS) is 1. The molecule has 0 aromatic heterocycles. The van der Waals surface area contributed by atoms with E-state index in [1.807, 2.05) is 25.1 Å². The van der Waals surface area contributed by atoms with E-state index in [0.717, 1.165) is 27.6 Å². The first-order valence-electron chi connectivity index (χ1n) is 17.8. The summed E-state index contributed by atoms with van der Waals surface area (Å²) in [5, 5.41) is 32.9. The molecule has 4 N–H and O–H groups in total. The Morgan fingerprint density at radius 2 is 1.56 bits per heavy atom. The zero-order valence-corrected chi connectivity index (χ0v) is 30.1. The Morgan fingerprint density at radius 1 is 0.836 bits per heavy atom. The minimum atomic E-state index is -1.66. The molecule has 3 fully saturated rings. The summed E-state index contributed by atoms with van der Waals surface area (Å²) in [5.74, 6) is -8.77. The second-order valence-corrected chi connectivity index (χ2v) is 14.4. The van der Waals surface area contributed by atoms with Crippen molar-refractivity contribution < 1.29 is 48.8 Å². The molecule has 0 bridgehead atoms. The number of carbonyl (C=O) groups excluding carboxylic acids is 4. The lowest BCUT2D eigenvalue weighted by Gasteiger charge is -2.50. The number of aromatic carboxylic acids is 1. The summed E-state index contributed by atoms with van der Waals surface area (Å²) in [6.45, 7) is 1.92. The van der Waals surface area contributed by atoms with Crippen molar-refractivity contribution in [2.45, 2.75) is 31.1 Å². The van der Waals surface area contributed by atoms with Gasteiger partial charge in [0, 0.05) is 29.7 Å². The number of nitrogens with one attached hydrogen (secondary N) is 1. The number of carbonyl (C=O) groups is 5. The lowest BCUT2D eigenvalue weighted by Crippen LogP contribution is -2.53. The van der Waals surface area contributed by atoms with Gasteiger partial charge in [-0.25, -0.2) is 9.69 Å². The van der Waals surface area contributed by atoms with Crippen LogP contribution in [0.4, 0.5) is 11.4 Å². The van der Waals surface area contributed by atoms with Crippen molar-refractivity contribution in [3.05, 3.63) is 119 Å². The lowest BCUT2D eigenvalue weighted by atomic mass is 9.49. The van der Waals surface area contributed by atoms with Gasteiger partial charge in [0.25, 0.3) is 11.8 Å². The van der Waals surface area contributed by atoms with Gasteiger partial charge in [0.15, 0.2) is 0 Å². The topological polar surface area (TPSA) is 183 Å². The Labute approximate surface area is 315 Å². The molecule has 2 aliphatic heterocycles. The molecule has 55 heavy (non-hydrogen) atoms. The number of hydrazine groups is 1. The zero-order valence-electron chi connectivity index (χ0n) is 30.1. The maximum absolute atomic E-state index is 15.4. The maximum atomic E-state index is 15.4. The van der Waals surface area contributed by atoms with Crippen molar-refractivity contribution in [1.29, 1.82) is 0 Å². The monoisotopic (exact) mass is 743 g/mol. The van der Waals surface area contributed by atoms with E-state index in [-0.39, 0.29) is 41.3 Å². The number of aromatic hydroxyl groups is 2. The van der Waals surface area contributed by atoms with Gasteiger partial charge in [0.1, 0.15) is 28.6 Å². The van der Waals surface area contributed by atoms with Gasteiger partial charge in [-0.15, -0.1) is 0 Å². The molecule has 13 heteroatoms. The molecule has 6 atom stereocenters. The first-order valence-corrected chi connectivity index (χ1v) is 17.8. The second-order valence-electron chi connectivity index (χ2n) is 14.4. The number of imide groups is 2. The Kier molecular flexibility index (Phi) is 8.40. The Morgan fingerprint density at radius 3 is 2.22 bits per heavy atom. The zero-order chi connectivity index (χ0) is 38.9. The van der Waals surface area contributed by atoms with Gasteiger partial charge >= 0.3 is 5.97 Å². The van der Waals surface area contributed by atoms with E-state index in [4.69, 9.17) is 9.47 Å². The lowest BCUT2D eigenvalue weighted by molar-refractivity contribution is -0.138. The average molecular weight is 744 g/mol. The summed E-state index contributed by atoms with van der Waals surface area (Å²) in [5.41, 5.74) is 3.80. The molecule has 4 aromatic carbocycles. The molecule has 2 aliphatic carbocycles. The van der Waals surface area contributed by atoms with Crippen molar-refractivity contribution >= 4 is 41.0 Å². The van der Waals surface area contributed by atoms with Gasteiger partial charge in [-0.05, 0) is 55.5 Å². The van der Waals surface area contributed by atoms with Crippen LogP contribution < -0.4 is 19.8 Å². The molecule has 280 valence electrons. The number of phenols is 2. The molecule has 8 rings (SSSR count). The highest BCUT2D eigenvalue weighted by atomic mass is 16.5. The van der Waals surface area contributed by atoms with E-state index in [9.17, 15) is 34.5 Å². The first kappa shape index (κ1) is 35.4. The number of allylic oxidation sites excluding steroid dienone is 2. The molecule has 0 radical (unpaired) electrons. The third kappa shape index (κ3) is 5.17. The molecule has 0 unspecified atom stereocenters. The van der Waals surface area contributed by atoms with Gasteiger partial charge in [-0.1, -0.05) is 59.7 Å². The number of rotatable bonds is 8. The Balaban J connectivity index is 1.33. The van der Waals surface area contributed by atoms with Crippen molar-refractivity contribution in [3.63, 3.8) is 0 Å². The molecule has 4 aromatic rings. The number of carboxylic acids is 1. The van der Waals surface area contributed by atoms with E-state index in [2.05, 4.69) is 5.43 Å². The maximum Gasteiger partial charge on any atom is 0.339 e. The number of benzene rings is 4. The van der Waals surface area contributed by atoms with E-state index < -0.39 is 75.9 Å². The number of phenolic OH excluding ortho intramolecular Hbond substituents is 1. The van der Waals surface area contributed by atoms with Crippen molar-refractivity contribution in [2.24, 2.45) is 23.7 Å². The highest BCUT2D eigenvalue weighted by Crippen LogP contribution is 2.66.